The standard InChI is InChI=1S/C26H34N8O3/c1-6-36-25-18-7-8-20-19-13-21(27-14-22(19)29-28-20)24-17(4)30-32(5)26(24)37-12-10-33(16(2)3)15-23(18)34(31-25)9-11-35/h7-8,13-14,16,35H,6,9-12,15H2,1-5H3,(H,28,29)/b8-7+. The van der Waals surface area contributed by atoms with Crippen LogP contribution in [-0.4, -0.2) is 77.2 Å². The van der Waals surface area contributed by atoms with Crippen molar-refractivity contribution in [3.63, 3.8) is 0 Å². The summed E-state index contributed by atoms with van der Waals surface area (Å²) in [5, 5.41) is 27.6. The second kappa shape index (κ2) is 10.3. The number of aliphatic hydroxyl groups is 1. The van der Waals surface area contributed by atoms with Crippen molar-refractivity contribution in [2.75, 3.05) is 26.4 Å². The number of ether oxygens (including phenoxy) is 2. The zero-order valence-corrected chi connectivity index (χ0v) is 22.0. The molecule has 0 atom stereocenters. The third-order valence-electron chi connectivity index (χ3n) is 6.67. The van der Waals surface area contributed by atoms with E-state index < -0.39 is 0 Å². The van der Waals surface area contributed by atoms with Crippen molar-refractivity contribution in [1.29, 1.82) is 0 Å². The van der Waals surface area contributed by atoms with Crippen LogP contribution in [0.1, 0.15) is 43.4 Å². The van der Waals surface area contributed by atoms with Crippen molar-refractivity contribution in [1.82, 2.24) is 39.6 Å². The van der Waals surface area contributed by atoms with Crippen LogP contribution in [0.25, 0.3) is 34.3 Å². The highest BCUT2D eigenvalue weighted by Gasteiger charge is 2.23. The van der Waals surface area contributed by atoms with Gasteiger partial charge in [0.25, 0.3) is 0 Å². The van der Waals surface area contributed by atoms with Crippen LogP contribution in [0.5, 0.6) is 11.8 Å². The molecule has 4 aromatic rings. The molecule has 0 aliphatic carbocycles. The van der Waals surface area contributed by atoms with Crippen molar-refractivity contribution in [3.05, 3.63) is 34.9 Å². The first-order valence-corrected chi connectivity index (χ1v) is 12.7. The summed E-state index contributed by atoms with van der Waals surface area (Å²) < 4.78 is 15.9. The van der Waals surface area contributed by atoms with Gasteiger partial charge in [0.2, 0.25) is 11.8 Å². The number of pyridine rings is 1. The minimum Gasteiger partial charge on any atom is -0.476 e. The molecule has 0 spiro atoms. The predicted molar refractivity (Wildman–Crippen MR) is 141 cm³/mol. The molecule has 1 aliphatic heterocycles. The molecule has 1 aliphatic rings. The minimum atomic E-state index is -0.0173. The van der Waals surface area contributed by atoms with Crippen molar-refractivity contribution < 1.29 is 14.6 Å². The molecule has 0 unspecified atom stereocenters. The van der Waals surface area contributed by atoms with Gasteiger partial charge in [0, 0.05) is 31.6 Å². The molecule has 196 valence electrons. The van der Waals surface area contributed by atoms with Gasteiger partial charge in [-0.15, -0.1) is 5.10 Å². The maximum atomic E-state index is 9.73. The van der Waals surface area contributed by atoms with Gasteiger partial charge in [0.1, 0.15) is 6.61 Å². The average molecular weight is 507 g/mol. The first-order chi connectivity index (χ1) is 17.9. The molecule has 11 nitrogen and oxygen atoms in total. The minimum absolute atomic E-state index is 0.0173. The van der Waals surface area contributed by atoms with Crippen LogP contribution in [-0.2, 0) is 20.1 Å². The highest BCUT2D eigenvalue weighted by atomic mass is 16.5. The average Bonchev–Trinajstić information content (AvgIpc) is 3.50. The number of nitrogens with one attached hydrogen (secondary N) is 1. The Kier molecular flexibility index (Phi) is 6.98. The zero-order valence-electron chi connectivity index (χ0n) is 22.0. The summed E-state index contributed by atoms with van der Waals surface area (Å²) in [4.78, 5) is 7.02. The van der Waals surface area contributed by atoms with Gasteiger partial charge in [0.05, 0.1) is 65.4 Å². The first kappa shape index (κ1) is 25.0. The van der Waals surface area contributed by atoms with E-state index in [1.807, 2.05) is 43.8 Å². The summed E-state index contributed by atoms with van der Waals surface area (Å²) in [5.74, 6) is 1.23. The van der Waals surface area contributed by atoms with Crippen LogP contribution in [0, 0.1) is 6.92 Å². The van der Waals surface area contributed by atoms with E-state index in [1.165, 1.54) is 0 Å². The van der Waals surface area contributed by atoms with E-state index in [0.717, 1.165) is 44.8 Å². The van der Waals surface area contributed by atoms with Gasteiger partial charge in [-0.1, -0.05) is 0 Å². The third kappa shape index (κ3) is 4.72. The lowest BCUT2D eigenvalue weighted by molar-refractivity contribution is 0.159. The van der Waals surface area contributed by atoms with Gasteiger partial charge < -0.3 is 14.6 Å². The van der Waals surface area contributed by atoms with Crippen molar-refractivity contribution >= 4 is 23.1 Å². The Labute approximate surface area is 215 Å². The van der Waals surface area contributed by atoms with E-state index in [-0.39, 0.29) is 12.6 Å². The van der Waals surface area contributed by atoms with E-state index >= 15 is 0 Å². The van der Waals surface area contributed by atoms with Crippen molar-refractivity contribution in [2.45, 2.75) is 46.8 Å². The first-order valence-electron chi connectivity index (χ1n) is 12.7. The second-order valence-electron chi connectivity index (χ2n) is 9.40. The number of aromatic nitrogens is 7. The van der Waals surface area contributed by atoms with Gasteiger partial charge >= 0.3 is 0 Å². The summed E-state index contributed by atoms with van der Waals surface area (Å²) in [6, 6.07) is 2.27. The fourth-order valence-corrected chi connectivity index (χ4v) is 4.78. The summed E-state index contributed by atoms with van der Waals surface area (Å²) in [6.45, 7) is 10.9. The Balaban J connectivity index is 1.70. The van der Waals surface area contributed by atoms with E-state index in [2.05, 4.69) is 39.1 Å². The van der Waals surface area contributed by atoms with Crippen LogP contribution >= 0.6 is 0 Å². The molecule has 0 saturated carbocycles. The molecule has 2 bridgehead atoms. The Hall–Kier alpha value is -3.70. The Morgan fingerprint density at radius 3 is 2.84 bits per heavy atom. The number of rotatable bonds is 5. The van der Waals surface area contributed by atoms with Crippen molar-refractivity contribution in [2.24, 2.45) is 7.05 Å². The van der Waals surface area contributed by atoms with Crippen molar-refractivity contribution in [3.8, 4) is 23.0 Å². The molecule has 0 aromatic carbocycles. The second-order valence-corrected chi connectivity index (χ2v) is 9.40. The lowest BCUT2D eigenvalue weighted by atomic mass is 10.1. The molecule has 0 saturated heterocycles. The number of hydrogen-bond donors (Lipinski definition) is 2. The molecule has 37 heavy (non-hydrogen) atoms. The van der Waals surface area contributed by atoms with E-state index in [4.69, 9.17) is 14.5 Å². The predicted octanol–water partition coefficient (Wildman–Crippen LogP) is 3.03. The maximum absolute atomic E-state index is 9.73. The molecule has 0 fully saturated rings. The molecular weight excluding hydrogens is 472 g/mol. The highest BCUT2D eigenvalue weighted by molar-refractivity contribution is 5.92. The van der Waals surface area contributed by atoms with Crippen LogP contribution in [0.3, 0.4) is 0 Å². The fourth-order valence-electron chi connectivity index (χ4n) is 4.78. The lowest BCUT2D eigenvalue weighted by Gasteiger charge is -2.27. The third-order valence-corrected chi connectivity index (χ3v) is 6.67. The maximum Gasteiger partial charge on any atom is 0.240 e. The quantitative estimate of drug-likeness (QED) is 0.424. The SMILES string of the molecule is CCOc1nn(CCO)c2c1/C=C/c1n[nH]c3cnc(cc13)-c1c(C)nn(C)c1OCCN(C(C)C)C2. The van der Waals surface area contributed by atoms with E-state index in [0.29, 0.717) is 44.6 Å². The smallest absolute Gasteiger partial charge is 0.240 e. The van der Waals surface area contributed by atoms with Crippen LogP contribution in [0.15, 0.2) is 12.3 Å². The molecule has 0 amide bonds. The van der Waals surface area contributed by atoms with Crippen LogP contribution in [0.4, 0.5) is 0 Å². The Morgan fingerprint density at radius 1 is 1.24 bits per heavy atom. The van der Waals surface area contributed by atoms with Crippen LogP contribution < -0.4 is 9.47 Å². The Bertz CT molecular complexity index is 1430. The highest BCUT2D eigenvalue weighted by Crippen LogP contribution is 2.34. The summed E-state index contributed by atoms with van der Waals surface area (Å²) in [6.07, 6.45) is 5.77. The molecule has 5 rings (SSSR count). The number of fused-ring (bicyclic) bond motifs is 4. The fraction of sp³-hybridized carbons (Fsp3) is 0.462. The van der Waals surface area contributed by atoms with Gasteiger partial charge in [0.15, 0.2) is 0 Å². The topological polar surface area (TPSA) is 119 Å². The molecule has 0 radical (unpaired) electrons. The number of nitrogens with zero attached hydrogens (tertiary/aromatic N) is 7. The molecular formula is C26H34N8O3. The summed E-state index contributed by atoms with van der Waals surface area (Å²) in [7, 11) is 1.89. The number of aliphatic hydroxyl groups excluding tert-OH is 1. The molecule has 4 aromatic heterocycles. The van der Waals surface area contributed by atoms with E-state index in [9.17, 15) is 5.11 Å². The number of aryl methyl sites for hydroxylation is 2. The number of H-pyrrole nitrogens is 1. The summed E-state index contributed by atoms with van der Waals surface area (Å²) >= 11 is 0. The largest absolute Gasteiger partial charge is 0.476 e. The van der Waals surface area contributed by atoms with Gasteiger partial charge in [-0.2, -0.15) is 10.2 Å². The normalized spacial score (nSPS) is 15.3. The molecule has 5 heterocycles. The summed E-state index contributed by atoms with van der Waals surface area (Å²) in [5.41, 5.74) is 5.98. The number of hydrogen-bond acceptors (Lipinski definition) is 8. The molecule has 11 heteroatoms. The lowest BCUT2D eigenvalue weighted by Crippen LogP contribution is -2.35. The molecule has 2 N–H and O–H groups in total. The van der Waals surface area contributed by atoms with Gasteiger partial charge in [-0.05, 0) is 45.9 Å². The Morgan fingerprint density at radius 2 is 2.08 bits per heavy atom. The van der Waals surface area contributed by atoms with Gasteiger partial charge in [-0.3, -0.25) is 19.7 Å². The monoisotopic (exact) mass is 506 g/mol. The van der Waals surface area contributed by atoms with E-state index in [1.54, 1.807) is 10.9 Å². The number of aromatic amines is 1. The van der Waals surface area contributed by atoms with Crippen LogP contribution in [0.2, 0.25) is 0 Å². The van der Waals surface area contributed by atoms with Gasteiger partial charge in [-0.25, -0.2) is 4.68 Å². The zero-order chi connectivity index (χ0) is 26.1.